The van der Waals surface area contributed by atoms with Crippen LogP contribution >= 0.6 is 23.4 Å². The van der Waals surface area contributed by atoms with Gasteiger partial charge in [0.2, 0.25) is 0 Å². The van der Waals surface area contributed by atoms with Crippen molar-refractivity contribution in [3.8, 4) is 0 Å². The summed E-state index contributed by atoms with van der Waals surface area (Å²) >= 11 is 7.83. The van der Waals surface area contributed by atoms with Crippen LogP contribution in [0.5, 0.6) is 0 Å². The Morgan fingerprint density at radius 3 is 2.71 bits per heavy atom. The summed E-state index contributed by atoms with van der Waals surface area (Å²) in [5.41, 5.74) is 8.32. The smallest absolute Gasteiger partial charge is 0.0702 e. The van der Waals surface area contributed by atoms with Crippen molar-refractivity contribution < 1.29 is 0 Å². The first-order valence-corrected chi connectivity index (χ1v) is 8.08. The van der Waals surface area contributed by atoms with Gasteiger partial charge >= 0.3 is 0 Å². The second-order valence-corrected chi connectivity index (χ2v) is 6.28. The van der Waals surface area contributed by atoms with Crippen LogP contribution in [0.3, 0.4) is 0 Å². The molecule has 0 saturated heterocycles. The van der Waals surface area contributed by atoms with Crippen molar-refractivity contribution in [2.75, 3.05) is 5.75 Å². The van der Waals surface area contributed by atoms with Gasteiger partial charge in [-0.25, -0.2) is 0 Å². The Morgan fingerprint density at radius 1 is 1.10 bits per heavy atom. The van der Waals surface area contributed by atoms with Crippen LogP contribution < -0.4 is 5.73 Å². The molecule has 2 nitrogen and oxygen atoms in total. The molecule has 0 spiro atoms. The van der Waals surface area contributed by atoms with Crippen molar-refractivity contribution in [2.24, 2.45) is 5.73 Å². The molecule has 1 atom stereocenters. The zero-order valence-electron chi connectivity index (χ0n) is 11.4. The number of aromatic nitrogens is 1. The van der Waals surface area contributed by atoms with E-state index < -0.39 is 0 Å². The fourth-order valence-corrected chi connectivity index (χ4v) is 3.36. The highest BCUT2D eigenvalue weighted by molar-refractivity contribution is 7.99. The normalized spacial score (nSPS) is 12.5. The lowest BCUT2D eigenvalue weighted by Crippen LogP contribution is -2.13. The zero-order chi connectivity index (χ0) is 14.7. The molecule has 0 fully saturated rings. The molecule has 1 aromatic heterocycles. The summed E-state index contributed by atoms with van der Waals surface area (Å²) in [6, 6.07) is 17.9. The minimum Gasteiger partial charge on any atom is -0.323 e. The number of nitrogens with zero attached hydrogens (tertiary/aromatic N) is 1. The summed E-state index contributed by atoms with van der Waals surface area (Å²) in [6.07, 6.45) is 1.86. The number of halogens is 1. The average molecular weight is 315 g/mol. The van der Waals surface area contributed by atoms with Gasteiger partial charge in [-0.05, 0) is 29.8 Å². The molecule has 0 aliphatic carbocycles. The molecule has 2 N–H and O–H groups in total. The molecular weight excluding hydrogens is 300 g/mol. The number of nitrogens with two attached hydrogens (primary N) is 1. The van der Waals surface area contributed by atoms with Crippen LogP contribution in [0.4, 0.5) is 0 Å². The monoisotopic (exact) mass is 314 g/mol. The molecule has 0 bridgehead atoms. The van der Waals surface area contributed by atoms with E-state index in [9.17, 15) is 0 Å². The van der Waals surface area contributed by atoms with Gasteiger partial charge in [0.05, 0.1) is 10.5 Å². The van der Waals surface area contributed by atoms with Crippen molar-refractivity contribution in [3.63, 3.8) is 0 Å². The van der Waals surface area contributed by atoms with Gasteiger partial charge in [-0.3, -0.25) is 4.98 Å². The zero-order valence-corrected chi connectivity index (χ0v) is 12.9. The van der Waals surface area contributed by atoms with E-state index in [4.69, 9.17) is 17.3 Å². The Labute approximate surface area is 133 Å². The number of pyridine rings is 1. The summed E-state index contributed by atoms with van der Waals surface area (Å²) in [4.78, 5) is 5.52. The lowest BCUT2D eigenvalue weighted by Gasteiger charge is -2.12. The van der Waals surface area contributed by atoms with Gasteiger partial charge in [-0.1, -0.05) is 41.9 Å². The molecule has 1 unspecified atom stereocenters. The summed E-state index contributed by atoms with van der Waals surface area (Å²) in [6.45, 7) is 0. The van der Waals surface area contributed by atoms with Crippen LogP contribution in [0.2, 0.25) is 5.02 Å². The van der Waals surface area contributed by atoms with Gasteiger partial charge in [-0.15, -0.1) is 11.8 Å². The Bertz CT molecular complexity index is 760. The van der Waals surface area contributed by atoms with E-state index in [-0.39, 0.29) is 6.04 Å². The van der Waals surface area contributed by atoms with E-state index in [1.54, 1.807) is 11.8 Å². The van der Waals surface area contributed by atoms with E-state index in [1.165, 1.54) is 0 Å². The molecule has 3 aromatic rings. The average Bonchev–Trinajstić information content (AvgIpc) is 2.53. The molecule has 0 amide bonds. The number of para-hydroxylation sites is 1. The predicted molar refractivity (Wildman–Crippen MR) is 90.8 cm³/mol. The second-order valence-electron chi connectivity index (χ2n) is 4.81. The second kappa shape index (κ2) is 6.48. The first-order chi connectivity index (χ1) is 10.2. The molecule has 4 heteroatoms. The van der Waals surface area contributed by atoms with Gasteiger partial charge in [0.1, 0.15) is 0 Å². The molecule has 3 rings (SSSR count). The maximum absolute atomic E-state index is 6.28. The summed E-state index contributed by atoms with van der Waals surface area (Å²) in [5.74, 6) is 0.768. The molecule has 0 saturated carbocycles. The number of hydrogen-bond acceptors (Lipinski definition) is 3. The van der Waals surface area contributed by atoms with Crippen LogP contribution in [0.15, 0.2) is 65.7 Å². The highest BCUT2D eigenvalue weighted by Crippen LogP contribution is 2.29. The van der Waals surface area contributed by atoms with Crippen molar-refractivity contribution in [2.45, 2.75) is 10.9 Å². The van der Waals surface area contributed by atoms with Gasteiger partial charge < -0.3 is 5.73 Å². The van der Waals surface area contributed by atoms with E-state index in [0.29, 0.717) is 0 Å². The van der Waals surface area contributed by atoms with Gasteiger partial charge in [0.25, 0.3) is 0 Å². The molecule has 0 aliphatic rings. The van der Waals surface area contributed by atoms with Crippen LogP contribution in [0, 0.1) is 0 Å². The summed E-state index contributed by atoms with van der Waals surface area (Å²) in [7, 11) is 0. The number of benzene rings is 2. The number of hydrogen-bond donors (Lipinski definition) is 1. The Kier molecular flexibility index (Phi) is 4.44. The van der Waals surface area contributed by atoms with Gasteiger partial charge in [-0.2, -0.15) is 0 Å². The number of fused-ring (bicyclic) bond motifs is 1. The Balaban J connectivity index is 1.75. The highest BCUT2D eigenvalue weighted by Gasteiger charge is 2.09. The van der Waals surface area contributed by atoms with Crippen molar-refractivity contribution in [1.82, 2.24) is 4.98 Å². The largest absolute Gasteiger partial charge is 0.323 e. The lowest BCUT2D eigenvalue weighted by atomic mass is 10.1. The lowest BCUT2D eigenvalue weighted by molar-refractivity contribution is 0.827. The molecular formula is C17H15ClN2S. The van der Waals surface area contributed by atoms with E-state index in [0.717, 1.165) is 32.1 Å². The van der Waals surface area contributed by atoms with Crippen LogP contribution in [0.25, 0.3) is 10.9 Å². The molecule has 0 aliphatic heterocycles. The maximum Gasteiger partial charge on any atom is 0.0702 e. The van der Waals surface area contributed by atoms with E-state index >= 15 is 0 Å². The SMILES string of the molecule is NC(CSc1ccccc1Cl)c1cnc2ccccc2c1. The van der Waals surface area contributed by atoms with Crippen molar-refractivity contribution in [3.05, 3.63) is 71.4 Å². The molecule has 2 aromatic carbocycles. The third-order valence-corrected chi connectivity index (χ3v) is 4.93. The minimum atomic E-state index is -0.0663. The summed E-state index contributed by atoms with van der Waals surface area (Å²) in [5, 5.41) is 1.89. The van der Waals surface area contributed by atoms with Gasteiger partial charge in [0.15, 0.2) is 0 Å². The fraction of sp³-hybridized carbons (Fsp3) is 0.118. The fourth-order valence-electron chi connectivity index (χ4n) is 2.13. The van der Waals surface area contributed by atoms with Crippen molar-refractivity contribution in [1.29, 1.82) is 0 Å². The maximum atomic E-state index is 6.28. The standard InChI is InChI=1S/C17H15ClN2S/c18-14-6-2-4-8-17(14)21-11-15(19)13-9-12-5-1-3-7-16(12)20-10-13/h1-10,15H,11,19H2. The van der Waals surface area contributed by atoms with Crippen LogP contribution in [0.1, 0.15) is 11.6 Å². The quantitative estimate of drug-likeness (QED) is 0.711. The molecule has 21 heavy (non-hydrogen) atoms. The van der Waals surface area contributed by atoms with Crippen LogP contribution in [-0.4, -0.2) is 10.7 Å². The van der Waals surface area contributed by atoms with Crippen LogP contribution in [-0.2, 0) is 0 Å². The minimum absolute atomic E-state index is 0.0663. The van der Waals surface area contributed by atoms with E-state index in [1.807, 2.05) is 48.7 Å². The topological polar surface area (TPSA) is 38.9 Å². The van der Waals surface area contributed by atoms with Gasteiger partial charge in [0, 0.05) is 28.3 Å². The summed E-state index contributed by atoms with van der Waals surface area (Å²) < 4.78 is 0. The van der Waals surface area contributed by atoms with Crippen molar-refractivity contribution >= 4 is 34.3 Å². The number of thioether (sulfide) groups is 1. The highest BCUT2D eigenvalue weighted by atomic mass is 35.5. The molecule has 106 valence electrons. The molecule has 1 heterocycles. The number of rotatable bonds is 4. The molecule has 0 radical (unpaired) electrons. The Morgan fingerprint density at radius 2 is 1.86 bits per heavy atom. The third kappa shape index (κ3) is 3.38. The first-order valence-electron chi connectivity index (χ1n) is 6.71. The predicted octanol–water partition coefficient (Wildman–Crippen LogP) is 4.68. The Hall–Kier alpha value is -1.55. The first kappa shape index (κ1) is 14.4. The van der Waals surface area contributed by atoms with E-state index in [2.05, 4.69) is 17.1 Å². The third-order valence-electron chi connectivity index (χ3n) is 3.29.